The molecule has 0 aliphatic heterocycles. The van der Waals surface area contributed by atoms with Gasteiger partial charge in [0.15, 0.2) is 0 Å². The van der Waals surface area contributed by atoms with Crippen LogP contribution in [0, 0.1) is 6.92 Å². The van der Waals surface area contributed by atoms with Crippen molar-refractivity contribution >= 4 is 0 Å². The normalized spacial score (nSPS) is 21.7. The monoisotopic (exact) mass is 271 g/mol. The van der Waals surface area contributed by atoms with Crippen LogP contribution in [0.5, 0.6) is 0 Å². The van der Waals surface area contributed by atoms with Crippen LogP contribution < -0.4 is 5.32 Å². The van der Waals surface area contributed by atoms with Gasteiger partial charge in [-0.05, 0) is 31.9 Å². The van der Waals surface area contributed by atoms with Gasteiger partial charge in [-0.1, -0.05) is 18.2 Å². The number of rotatable bonds is 5. The number of nitrogens with one attached hydrogen (secondary N) is 1. The maximum absolute atomic E-state index is 5.31. The highest BCUT2D eigenvalue weighted by Crippen LogP contribution is 2.23. The second-order valence-electron chi connectivity index (χ2n) is 5.37. The van der Waals surface area contributed by atoms with E-state index in [2.05, 4.69) is 39.1 Å². The molecule has 1 aliphatic rings. The Morgan fingerprint density at radius 1 is 1.30 bits per heavy atom. The van der Waals surface area contributed by atoms with Crippen LogP contribution >= 0.6 is 0 Å². The SMILES string of the molecule is COC1CC(NCc2cnc(C)n2-c2ccccc2)C1. The number of benzene rings is 1. The van der Waals surface area contributed by atoms with E-state index in [1.165, 1.54) is 11.4 Å². The van der Waals surface area contributed by atoms with Gasteiger partial charge in [0.2, 0.25) is 0 Å². The molecule has 0 bridgehead atoms. The zero-order chi connectivity index (χ0) is 13.9. The molecule has 0 unspecified atom stereocenters. The lowest BCUT2D eigenvalue weighted by Crippen LogP contribution is -2.44. The van der Waals surface area contributed by atoms with Crippen LogP contribution in [0.1, 0.15) is 24.4 Å². The summed E-state index contributed by atoms with van der Waals surface area (Å²) in [5.41, 5.74) is 2.37. The highest BCUT2D eigenvalue weighted by Gasteiger charge is 2.28. The summed E-state index contributed by atoms with van der Waals surface area (Å²) in [5, 5.41) is 3.58. The van der Waals surface area contributed by atoms with Crippen LogP contribution in [0.25, 0.3) is 5.69 Å². The molecule has 0 atom stereocenters. The van der Waals surface area contributed by atoms with Crippen molar-refractivity contribution in [2.75, 3.05) is 7.11 Å². The lowest BCUT2D eigenvalue weighted by molar-refractivity contribution is 0.0169. The molecule has 4 heteroatoms. The number of hydrogen-bond acceptors (Lipinski definition) is 3. The molecule has 0 saturated heterocycles. The van der Waals surface area contributed by atoms with Crippen LogP contribution in [0.2, 0.25) is 0 Å². The third-order valence-electron chi connectivity index (χ3n) is 4.03. The van der Waals surface area contributed by atoms with Gasteiger partial charge in [0, 0.05) is 25.4 Å². The van der Waals surface area contributed by atoms with Gasteiger partial charge in [0.1, 0.15) is 5.82 Å². The quantitative estimate of drug-likeness (QED) is 0.908. The Hall–Kier alpha value is -1.65. The Bertz CT molecular complexity index is 558. The van der Waals surface area contributed by atoms with Crippen molar-refractivity contribution in [1.29, 1.82) is 0 Å². The molecule has 1 heterocycles. The van der Waals surface area contributed by atoms with E-state index in [-0.39, 0.29) is 0 Å². The summed E-state index contributed by atoms with van der Waals surface area (Å²) in [6.45, 7) is 2.89. The Labute approximate surface area is 119 Å². The molecule has 1 aromatic heterocycles. The maximum Gasteiger partial charge on any atom is 0.110 e. The van der Waals surface area contributed by atoms with Crippen LogP contribution in [0.3, 0.4) is 0 Å². The predicted molar refractivity (Wildman–Crippen MR) is 79.0 cm³/mol. The number of hydrogen-bond donors (Lipinski definition) is 1. The Balaban J connectivity index is 1.69. The maximum atomic E-state index is 5.31. The van der Waals surface area contributed by atoms with Gasteiger partial charge in [0.25, 0.3) is 0 Å². The number of nitrogens with zero attached hydrogens (tertiary/aromatic N) is 2. The standard InChI is InChI=1S/C16H21N3O/c1-12-17-10-15(11-18-13-8-16(9-13)20-2)19(12)14-6-4-3-5-7-14/h3-7,10,13,16,18H,8-9,11H2,1-2H3. The number of aryl methyl sites for hydroxylation is 1. The molecule has 4 nitrogen and oxygen atoms in total. The van der Waals surface area contributed by atoms with Crippen molar-refractivity contribution in [3.63, 3.8) is 0 Å². The lowest BCUT2D eigenvalue weighted by Gasteiger charge is -2.34. The lowest BCUT2D eigenvalue weighted by atomic mass is 9.89. The summed E-state index contributed by atoms with van der Waals surface area (Å²) >= 11 is 0. The van der Waals surface area contributed by atoms with Gasteiger partial charge in [0.05, 0.1) is 18.0 Å². The predicted octanol–water partition coefficient (Wildman–Crippen LogP) is 2.45. The molecule has 0 radical (unpaired) electrons. The molecule has 2 aromatic rings. The smallest absolute Gasteiger partial charge is 0.110 e. The fourth-order valence-electron chi connectivity index (χ4n) is 2.72. The second kappa shape index (κ2) is 5.77. The topological polar surface area (TPSA) is 39.1 Å². The molecule has 1 saturated carbocycles. The molecule has 3 rings (SSSR count). The van der Waals surface area contributed by atoms with Gasteiger partial charge in [-0.3, -0.25) is 4.57 Å². The summed E-state index contributed by atoms with van der Waals surface area (Å²) in [7, 11) is 1.79. The highest BCUT2D eigenvalue weighted by molar-refractivity contribution is 5.35. The van der Waals surface area contributed by atoms with Crippen molar-refractivity contribution in [2.45, 2.75) is 38.5 Å². The average molecular weight is 271 g/mol. The number of aromatic nitrogens is 2. The fraction of sp³-hybridized carbons (Fsp3) is 0.438. The van der Waals surface area contributed by atoms with Crippen molar-refractivity contribution in [3.8, 4) is 5.69 Å². The van der Waals surface area contributed by atoms with Crippen LogP contribution in [-0.4, -0.2) is 28.8 Å². The molecule has 1 fully saturated rings. The number of methoxy groups -OCH3 is 1. The zero-order valence-electron chi connectivity index (χ0n) is 12.0. The van der Waals surface area contributed by atoms with Crippen molar-refractivity contribution in [2.24, 2.45) is 0 Å². The molecule has 0 amide bonds. The average Bonchev–Trinajstić information content (AvgIpc) is 2.79. The first kappa shape index (κ1) is 13.3. The van der Waals surface area contributed by atoms with E-state index < -0.39 is 0 Å². The summed E-state index contributed by atoms with van der Waals surface area (Å²) in [5.74, 6) is 1.02. The summed E-state index contributed by atoms with van der Waals surface area (Å²) in [6, 6.07) is 10.9. The highest BCUT2D eigenvalue weighted by atomic mass is 16.5. The van der Waals surface area contributed by atoms with Crippen molar-refractivity contribution in [1.82, 2.24) is 14.9 Å². The summed E-state index contributed by atoms with van der Waals surface area (Å²) < 4.78 is 7.52. The third kappa shape index (κ3) is 2.62. The summed E-state index contributed by atoms with van der Waals surface area (Å²) in [6.07, 6.45) is 4.61. The van der Waals surface area contributed by atoms with E-state index in [1.807, 2.05) is 19.2 Å². The van der Waals surface area contributed by atoms with Crippen molar-refractivity contribution < 1.29 is 4.74 Å². The van der Waals surface area contributed by atoms with Gasteiger partial charge < -0.3 is 10.1 Å². The number of imidazole rings is 1. The van der Waals surface area contributed by atoms with Crippen LogP contribution in [0.4, 0.5) is 0 Å². The number of ether oxygens (including phenoxy) is 1. The first-order valence-electron chi connectivity index (χ1n) is 7.12. The molecular formula is C16H21N3O. The number of para-hydroxylation sites is 1. The van der Waals surface area contributed by atoms with E-state index in [9.17, 15) is 0 Å². The van der Waals surface area contributed by atoms with Crippen LogP contribution in [-0.2, 0) is 11.3 Å². The second-order valence-corrected chi connectivity index (χ2v) is 5.37. The molecule has 0 spiro atoms. The molecular weight excluding hydrogens is 250 g/mol. The third-order valence-corrected chi connectivity index (χ3v) is 4.03. The molecule has 1 N–H and O–H groups in total. The van der Waals surface area contributed by atoms with Gasteiger partial charge in [-0.2, -0.15) is 0 Å². The van der Waals surface area contributed by atoms with E-state index in [1.54, 1.807) is 7.11 Å². The molecule has 1 aromatic carbocycles. The zero-order valence-corrected chi connectivity index (χ0v) is 12.0. The fourth-order valence-corrected chi connectivity index (χ4v) is 2.72. The minimum Gasteiger partial charge on any atom is -0.381 e. The van der Waals surface area contributed by atoms with E-state index in [0.29, 0.717) is 12.1 Å². The Morgan fingerprint density at radius 2 is 2.05 bits per heavy atom. The van der Waals surface area contributed by atoms with E-state index in [0.717, 1.165) is 25.2 Å². The van der Waals surface area contributed by atoms with Gasteiger partial charge in [-0.25, -0.2) is 4.98 Å². The largest absolute Gasteiger partial charge is 0.381 e. The van der Waals surface area contributed by atoms with Gasteiger partial charge in [-0.15, -0.1) is 0 Å². The van der Waals surface area contributed by atoms with E-state index >= 15 is 0 Å². The first-order valence-corrected chi connectivity index (χ1v) is 7.12. The molecule has 20 heavy (non-hydrogen) atoms. The minimum absolute atomic E-state index is 0.438. The Morgan fingerprint density at radius 3 is 2.75 bits per heavy atom. The van der Waals surface area contributed by atoms with Gasteiger partial charge >= 0.3 is 0 Å². The minimum atomic E-state index is 0.438. The van der Waals surface area contributed by atoms with E-state index in [4.69, 9.17) is 4.74 Å². The first-order chi connectivity index (χ1) is 9.78. The van der Waals surface area contributed by atoms with Crippen molar-refractivity contribution in [3.05, 3.63) is 48.0 Å². The Kier molecular flexibility index (Phi) is 3.85. The van der Waals surface area contributed by atoms with Crippen LogP contribution in [0.15, 0.2) is 36.5 Å². The molecule has 1 aliphatic carbocycles. The summed E-state index contributed by atoms with van der Waals surface area (Å²) in [4.78, 5) is 4.44. The molecule has 106 valence electrons.